The van der Waals surface area contributed by atoms with Crippen molar-refractivity contribution in [3.05, 3.63) is 46.5 Å². The zero-order chi connectivity index (χ0) is 13.3. The molecule has 0 amide bonds. The second-order valence-electron chi connectivity index (χ2n) is 6.43. The Labute approximate surface area is 116 Å². The first kappa shape index (κ1) is 13.7. The summed E-state index contributed by atoms with van der Waals surface area (Å²) in [6, 6.07) is 6.54. The summed E-state index contributed by atoms with van der Waals surface area (Å²) in [5.74, 6) is 0. The number of halogens is 1. The van der Waals surface area contributed by atoms with Gasteiger partial charge in [-0.2, -0.15) is 0 Å². The van der Waals surface area contributed by atoms with Crippen LogP contribution in [0.25, 0.3) is 0 Å². The molecule has 98 valence electrons. The van der Waals surface area contributed by atoms with Crippen LogP contribution in [-0.4, -0.2) is 5.38 Å². The molecule has 0 saturated carbocycles. The molecule has 1 unspecified atom stereocenters. The maximum atomic E-state index is 6.37. The van der Waals surface area contributed by atoms with Gasteiger partial charge in [0.2, 0.25) is 0 Å². The van der Waals surface area contributed by atoms with Gasteiger partial charge in [0.05, 0.1) is 5.38 Å². The highest BCUT2D eigenvalue weighted by Gasteiger charge is 2.27. The minimum absolute atomic E-state index is 0.202. The lowest BCUT2D eigenvalue weighted by atomic mass is 9.75. The molecule has 0 aromatic heterocycles. The number of rotatable bonds is 2. The van der Waals surface area contributed by atoms with Crippen molar-refractivity contribution in [2.45, 2.75) is 52.3 Å². The predicted octanol–water partition coefficient (Wildman–Crippen LogP) is 5.20. The molecule has 0 nitrogen and oxygen atoms in total. The third-order valence-electron chi connectivity index (χ3n) is 3.92. The highest BCUT2D eigenvalue weighted by atomic mass is 35.5. The normalized spacial score (nSPS) is 22.7. The Kier molecular flexibility index (Phi) is 3.87. The number of allylic oxidation sites excluding steroid dienone is 2. The van der Waals surface area contributed by atoms with Crippen LogP contribution in [0.3, 0.4) is 0 Å². The van der Waals surface area contributed by atoms with Crippen molar-refractivity contribution in [1.29, 1.82) is 0 Å². The summed E-state index contributed by atoms with van der Waals surface area (Å²) >= 11 is 6.37. The van der Waals surface area contributed by atoms with Crippen LogP contribution in [0.4, 0.5) is 0 Å². The largest absolute Gasteiger partial charge is 0.118 e. The zero-order valence-corrected chi connectivity index (χ0v) is 12.6. The Hall–Kier alpha value is -0.750. The van der Waals surface area contributed by atoms with Crippen molar-refractivity contribution >= 4 is 11.6 Å². The number of alkyl halides is 1. The highest BCUT2D eigenvalue weighted by molar-refractivity contribution is 6.21. The van der Waals surface area contributed by atoms with E-state index in [2.05, 4.69) is 52.0 Å². The summed E-state index contributed by atoms with van der Waals surface area (Å²) in [6.07, 6.45) is 5.60. The summed E-state index contributed by atoms with van der Waals surface area (Å²) in [7, 11) is 0. The molecule has 18 heavy (non-hydrogen) atoms. The van der Waals surface area contributed by atoms with Gasteiger partial charge in [0, 0.05) is 0 Å². The van der Waals surface area contributed by atoms with Crippen LogP contribution in [-0.2, 0) is 6.42 Å². The first-order chi connectivity index (χ1) is 8.37. The number of hydrogen-bond donors (Lipinski definition) is 0. The van der Waals surface area contributed by atoms with E-state index < -0.39 is 0 Å². The third kappa shape index (κ3) is 3.17. The van der Waals surface area contributed by atoms with Gasteiger partial charge in [-0.25, -0.2) is 0 Å². The monoisotopic (exact) mass is 262 g/mol. The Morgan fingerprint density at radius 3 is 2.39 bits per heavy atom. The van der Waals surface area contributed by atoms with Crippen molar-refractivity contribution in [3.63, 3.8) is 0 Å². The molecule has 0 bridgehead atoms. The van der Waals surface area contributed by atoms with Crippen LogP contribution in [0.2, 0.25) is 0 Å². The van der Waals surface area contributed by atoms with Crippen LogP contribution in [0, 0.1) is 19.3 Å². The van der Waals surface area contributed by atoms with Crippen LogP contribution in [0.1, 0.15) is 43.4 Å². The molecule has 0 fully saturated rings. The lowest BCUT2D eigenvalue weighted by molar-refractivity contribution is 0.320. The third-order valence-corrected chi connectivity index (χ3v) is 4.20. The van der Waals surface area contributed by atoms with E-state index in [4.69, 9.17) is 11.6 Å². The van der Waals surface area contributed by atoms with Gasteiger partial charge in [-0.3, -0.25) is 0 Å². The summed E-state index contributed by atoms with van der Waals surface area (Å²) in [5, 5.41) is 0.202. The van der Waals surface area contributed by atoms with Gasteiger partial charge in [0.15, 0.2) is 0 Å². The average Bonchev–Trinajstić information content (AvgIpc) is 2.21. The van der Waals surface area contributed by atoms with E-state index >= 15 is 0 Å². The van der Waals surface area contributed by atoms with E-state index in [1.165, 1.54) is 28.7 Å². The van der Waals surface area contributed by atoms with E-state index in [0.717, 1.165) is 12.8 Å². The quantitative estimate of drug-likeness (QED) is 0.508. The molecule has 1 heteroatoms. The smallest absolute Gasteiger partial charge is 0.0523 e. The fourth-order valence-corrected chi connectivity index (χ4v) is 3.66. The van der Waals surface area contributed by atoms with E-state index in [-0.39, 0.29) is 5.38 Å². The lowest BCUT2D eigenvalue weighted by Gasteiger charge is -2.32. The Balaban J connectivity index is 2.24. The molecule has 0 spiro atoms. The zero-order valence-electron chi connectivity index (χ0n) is 11.9. The number of aryl methyl sites for hydroxylation is 2. The molecule has 0 aliphatic heterocycles. The predicted molar refractivity (Wildman–Crippen MR) is 80.4 cm³/mol. The van der Waals surface area contributed by atoms with Crippen molar-refractivity contribution in [3.8, 4) is 0 Å². The number of benzene rings is 1. The topological polar surface area (TPSA) is 0 Å². The van der Waals surface area contributed by atoms with Crippen molar-refractivity contribution < 1.29 is 0 Å². The molecular formula is C17H23Cl. The molecular weight excluding hydrogens is 240 g/mol. The molecule has 1 aliphatic rings. The maximum Gasteiger partial charge on any atom is 0.0523 e. The van der Waals surface area contributed by atoms with Gasteiger partial charge in [0.25, 0.3) is 0 Å². The van der Waals surface area contributed by atoms with E-state index in [1.54, 1.807) is 0 Å². The molecule has 1 aromatic rings. The maximum absolute atomic E-state index is 6.37. The minimum atomic E-state index is 0.202. The minimum Gasteiger partial charge on any atom is -0.118 e. The fraction of sp³-hybridized carbons (Fsp3) is 0.529. The summed E-state index contributed by atoms with van der Waals surface area (Å²) in [6.45, 7) is 9.05. The molecule has 0 heterocycles. The molecule has 1 aliphatic carbocycles. The molecule has 0 N–H and O–H groups in total. The van der Waals surface area contributed by atoms with Gasteiger partial charge in [-0.05, 0) is 55.2 Å². The summed E-state index contributed by atoms with van der Waals surface area (Å²) in [5.41, 5.74) is 6.11. The Morgan fingerprint density at radius 2 is 1.83 bits per heavy atom. The Morgan fingerprint density at radius 1 is 1.22 bits per heavy atom. The average molecular weight is 263 g/mol. The lowest BCUT2D eigenvalue weighted by Crippen LogP contribution is -2.23. The second kappa shape index (κ2) is 5.09. The molecule has 1 atom stereocenters. The fourth-order valence-electron chi connectivity index (χ4n) is 3.06. The molecule has 0 saturated heterocycles. The highest BCUT2D eigenvalue weighted by Crippen LogP contribution is 2.38. The van der Waals surface area contributed by atoms with Crippen LogP contribution in [0.5, 0.6) is 0 Å². The first-order valence-electron chi connectivity index (χ1n) is 6.76. The van der Waals surface area contributed by atoms with E-state index in [0.29, 0.717) is 5.41 Å². The van der Waals surface area contributed by atoms with Crippen LogP contribution in [0.15, 0.2) is 29.8 Å². The standard InChI is InChI=1S/C17H23Cl/c1-12-6-5-7-13(2)16(12)9-14-8-15(18)11-17(3,4)10-14/h5-8,15H,9-11H2,1-4H3. The Bertz CT molecular complexity index is 448. The molecule has 1 aromatic carbocycles. The summed E-state index contributed by atoms with van der Waals surface area (Å²) in [4.78, 5) is 0. The summed E-state index contributed by atoms with van der Waals surface area (Å²) < 4.78 is 0. The first-order valence-corrected chi connectivity index (χ1v) is 7.20. The second-order valence-corrected chi connectivity index (χ2v) is 6.99. The van der Waals surface area contributed by atoms with Crippen LogP contribution < -0.4 is 0 Å². The number of hydrogen-bond acceptors (Lipinski definition) is 0. The van der Waals surface area contributed by atoms with E-state index in [9.17, 15) is 0 Å². The SMILES string of the molecule is Cc1cccc(C)c1CC1=CC(Cl)CC(C)(C)C1. The molecule has 2 rings (SSSR count). The van der Waals surface area contributed by atoms with Gasteiger partial charge >= 0.3 is 0 Å². The van der Waals surface area contributed by atoms with Gasteiger partial charge in [-0.15, -0.1) is 11.6 Å². The van der Waals surface area contributed by atoms with Crippen molar-refractivity contribution in [2.24, 2.45) is 5.41 Å². The van der Waals surface area contributed by atoms with Gasteiger partial charge in [0.1, 0.15) is 0 Å². The van der Waals surface area contributed by atoms with Crippen molar-refractivity contribution in [1.82, 2.24) is 0 Å². The van der Waals surface area contributed by atoms with Gasteiger partial charge < -0.3 is 0 Å². The van der Waals surface area contributed by atoms with E-state index in [1.807, 2.05) is 0 Å². The van der Waals surface area contributed by atoms with Crippen molar-refractivity contribution in [2.75, 3.05) is 0 Å². The van der Waals surface area contributed by atoms with Crippen LogP contribution >= 0.6 is 11.6 Å². The van der Waals surface area contributed by atoms with Gasteiger partial charge in [-0.1, -0.05) is 43.7 Å². The molecule has 0 radical (unpaired) electrons.